The minimum Gasteiger partial charge on any atom is -0.282 e. The van der Waals surface area contributed by atoms with E-state index < -0.39 is 47.0 Å². The molecule has 0 radical (unpaired) electrons. The number of rotatable bonds is 5. The number of nitrogens with one attached hydrogen (secondary N) is 2. The first-order chi connectivity index (χ1) is 8.80. The topological polar surface area (TPSA) is 187 Å². The Balaban J connectivity index is 3.60. The lowest BCUT2D eigenvalue weighted by molar-refractivity contribution is 0.484. The Kier molecular flexibility index (Phi) is 4.28. The van der Waals surface area contributed by atoms with Crippen molar-refractivity contribution in [3.8, 4) is 0 Å². The van der Waals surface area contributed by atoms with Crippen LogP contribution in [0.15, 0.2) is 23.1 Å². The van der Waals surface area contributed by atoms with Crippen molar-refractivity contribution in [1.29, 1.82) is 0 Å². The minimum absolute atomic E-state index is 0.825. The highest BCUT2D eigenvalue weighted by molar-refractivity contribution is 7.88. The Morgan fingerprint density at radius 3 is 1.35 bits per heavy atom. The molecule has 0 heterocycles. The van der Waals surface area contributed by atoms with E-state index in [-0.39, 0.29) is 0 Å². The monoisotopic (exact) mass is 348 g/mol. The molecule has 1 aromatic rings. The summed E-state index contributed by atoms with van der Waals surface area (Å²) in [6, 6.07) is 2.65. The molecule has 0 fully saturated rings. The molecule has 0 bridgehead atoms. The molecule has 20 heavy (non-hydrogen) atoms. The first-order valence-corrected chi connectivity index (χ1v) is 8.72. The van der Waals surface area contributed by atoms with E-state index in [1.807, 2.05) is 0 Å². The van der Waals surface area contributed by atoms with E-state index in [4.69, 9.17) is 13.7 Å². The molecule has 0 unspecified atom stereocenters. The van der Waals surface area contributed by atoms with Crippen molar-refractivity contribution >= 4 is 42.1 Å². The van der Waals surface area contributed by atoms with Crippen LogP contribution in [0.2, 0.25) is 0 Å². The number of benzene rings is 1. The van der Waals surface area contributed by atoms with Gasteiger partial charge in [0.05, 0.1) is 11.4 Å². The van der Waals surface area contributed by atoms with Gasteiger partial charge in [-0.3, -0.25) is 23.1 Å². The summed E-state index contributed by atoms with van der Waals surface area (Å²) in [5.41, 5.74) is -1.66. The summed E-state index contributed by atoms with van der Waals surface area (Å²) in [5, 5.41) is 0. The highest BCUT2D eigenvalue weighted by atomic mass is 32.2. The second-order valence-electron chi connectivity index (χ2n) is 3.31. The van der Waals surface area contributed by atoms with Gasteiger partial charge in [-0.1, -0.05) is 6.07 Å². The van der Waals surface area contributed by atoms with Gasteiger partial charge in [-0.05, 0) is 12.1 Å². The molecule has 0 aliphatic rings. The first kappa shape index (κ1) is 16.6. The maximum atomic E-state index is 11.2. The fraction of sp³-hybridized carbons (Fsp3) is 0. The van der Waals surface area contributed by atoms with Crippen LogP contribution in [0.3, 0.4) is 0 Å². The van der Waals surface area contributed by atoms with E-state index >= 15 is 0 Å². The quantitative estimate of drug-likeness (QED) is 0.431. The van der Waals surface area contributed by atoms with Crippen LogP contribution in [0, 0.1) is 0 Å². The highest BCUT2D eigenvalue weighted by Gasteiger charge is 2.24. The van der Waals surface area contributed by atoms with E-state index in [2.05, 4.69) is 0 Å². The van der Waals surface area contributed by atoms with Gasteiger partial charge >= 0.3 is 20.6 Å². The van der Waals surface area contributed by atoms with Crippen molar-refractivity contribution in [3.05, 3.63) is 18.2 Å². The zero-order chi connectivity index (χ0) is 15.8. The maximum Gasteiger partial charge on any atom is 0.357 e. The molecule has 1 aromatic carbocycles. The predicted molar refractivity (Wildman–Crippen MR) is 66.6 cm³/mol. The summed E-state index contributed by atoms with van der Waals surface area (Å²) in [7, 11) is -14.9. The van der Waals surface area contributed by atoms with Gasteiger partial charge < -0.3 is 0 Å². The fourth-order valence-corrected chi connectivity index (χ4v) is 3.07. The third-order valence-electron chi connectivity index (χ3n) is 1.75. The van der Waals surface area contributed by atoms with Crippen LogP contribution in [0.4, 0.5) is 11.4 Å². The van der Waals surface area contributed by atoms with E-state index in [0.29, 0.717) is 0 Å². The lowest BCUT2D eigenvalue weighted by atomic mass is 10.3. The molecule has 14 heteroatoms. The van der Waals surface area contributed by atoms with E-state index in [9.17, 15) is 25.3 Å². The van der Waals surface area contributed by atoms with Gasteiger partial charge in [0.15, 0.2) is 0 Å². The van der Waals surface area contributed by atoms with Crippen LogP contribution >= 0.6 is 0 Å². The van der Waals surface area contributed by atoms with Crippen molar-refractivity contribution in [1.82, 2.24) is 0 Å². The second kappa shape index (κ2) is 5.15. The van der Waals surface area contributed by atoms with Gasteiger partial charge in [-0.25, -0.2) is 0 Å². The normalized spacial score (nSPS) is 12.9. The Morgan fingerprint density at radius 1 is 0.750 bits per heavy atom. The summed E-state index contributed by atoms with van der Waals surface area (Å²) in [4.78, 5) is -1.20. The SMILES string of the molecule is O=S(=O)(O)Nc1cccc(NS(=O)(=O)O)c1S(=O)(=O)O. The summed E-state index contributed by atoms with van der Waals surface area (Å²) in [5.74, 6) is 0. The zero-order valence-corrected chi connectivity index (χ0v) is 11.7. The van der Waals surface area contributed by atoms with Gasteiger partial charge in [-0.15, -0.1) is 0 Å². The molecule has 0 amide bonds. The van der Waals surface area contributed by atoms with Crippen molar-refractivity contribution in [2.75, 3.05) is 9.44 Å². The molecule has 0 aliphatic heterocycles. The number of hydrogen-bond acceptors (Lipinski definition) is 6. The lowest BCUT2D eigenvalue weighted by Gasteiger charge is -2.12. The molecule has 5 N–H and O–H groups in total. The highest BCUT2D eigenvalue weighted by Crippen LogP contribution is 2.30. The minimum atomic E-state index is -5.08. The van der Waals surface area contributed by atoms with Crippen LogP contribution < -0.4 is 9.44 Å². The fourth-order valence-electron chi connectivity index (χ4n) is 1.25. The van der Waals surface area contributed by atoms with E-state index in [1.165, 1.54) is 9.44 Å². The van der Waals surface area contributed by atoms with Crippen LogP contribution in [-0.4, -0.2) is 38.9 Å². The third kappa shape index (κ3) is 4.91. The Morgan fingerprint density at radius 2 is 1.10 bits per heavy atom. The van der Waals surface area contributed by atoms with Crippen LogP contribution in [0.1, 0.15) is 0 Å². The Bertz CT molecular complexity index is 772. The molecular formula is C6H8N2O9S3. The van der Waals surface area contributed by atoms with E-state index in [1.54, 1.807) is 0 Å². The summed E-state index contributed by atoms with van der Waals surface area (Å²) >= 11 is 0. The molecule has 0 aromatic heterocycles. The maximum absolute atomic E-state index is 11.2. The lowest BCUT2D eigenvalue weighted by Crippen LogP contribution is -2.17. The molecule has 0 saturated heterocycles. The van der Waals surface area contributed by atoms with Gasteiger partial charge in [0.1, 0.15) is 4.90 Å². The second-order valence-corrected chi connectivity index (χ2v) is 6.98. The molecule has 0 saturated carbocycles. The summed E-state index contributed by atoms with van der Waals surface area (Å²) in [6.07, 6.45) is 0. The van der Waals surface area contributed by atoms with Crippen molar-refractivity contribution < 1.29 is 38.9 Å². The molecule has 1 rings (SSSR count). The van der Waals surface area contributed by atoms with Crippen molar-refractivity contribution in [2.45, 2.75) is 4.90 Å². The average molecular weight is 348 g/mol. The number of hydrogen-bond donors (Lipinski definition) is 5. The van der Waals surface area contributed by atoms with Crippen LogP contribution in [0.5, 0.6) is 0 Å². The van der Waals surface area contributed by atoms with Crippen molar-refractivity contribution in [2.24, 2.45) is 0 Å². The number of anilines is 2. The van der Waals surface area contributed by atoms with Crippen molar-refractivity contribution in [3.63, 3.8) is 0 Å². The average Bonchev–Trinajstić information content (AvgIpc) is 2.09. The Labute approximate surface area is 114 Å². The summed E-state index contributed by atoms with van der Waals surface area (Å²) in [6.45, 7) is 0. The third-order valence-corrected chi connectivity index (χ3v) is 3.66. The van der Waals surface area contributed by atoms with Gasteiger partial charge in [-0.2, -0.15) is 25.3 Å². The zero-order valence-electron chi connectivity index (χ0n) is 9.25. The molecular weight excluding hydrogens is 340 g/mol. The first-order valence-electron chi connectivity index (χ1n) is 4.40. The van der Waals surface area contributed by atoms with Gasteiger partial charge in [0, 0.05) is 0 Å². The van der Waals surface area contributed by atoms with Gasteiger partial charge in [0.25, 0.3) is 10.1 Å². The smallest absolute Gasteiger partial charge is 0.282 e. The van der Waals surface area contributed by atoms with Crippen LogP contribution in [-0.2, 0) is 30.7 Å². The van der Waals surface area contributed by atoms with E-state index in [0.717, 1.165) is 18.2 Å². The largest absolute Gasteiger partial charge is 0.357 e. The molecule has 0 aliphatic carbocycles. The van der Waals surface area contributed by atoms with Gasteiger partial charge in [0.2, 0.25) is 0 Å². The molecule has 114 valence electrons. The predicted octanol–water partition coefficient (Wildman–Crippen LogP) is -0.637. The summed E-state index contributed by atoms with van der Waals surface area (Å²) < 4.78 is 93.8. The standard InChI is InChI=1S/C6H8N2O9S3/c9-18(10,11)6-4(7-19(12,13)14)2-1-3-5(6)8-20(15,16)17/h1-3,7-8H,(H,9,10,11)(H,12,13,14)(H,15,16,17). The molecule has 0 atom stereocenters. The van der Waals surface area contributed by atoms with Crippen LogP contribution in [0.25, 0.3) is 0 Å². The molecule has 0 spiro atoms. The molecule has 11 nitrogen and oxygen atoms in total. The Hall–Kier alpha value is -1.45.